The largest absolute Gasteiger partial charge is 0.467 e. The van der Waals surface area contributed by atoms with Gasteiger partial charge in [-0.05, 0) is 17.2 Å². The highest BCUT2D eigenvalue weighted by molar-refractivity contribution is 6.87. The van der Waals surface area contributed by atoms with Crippen molar-refractivity contribution in [2.75, 3.05) is 7.11 Å². The second-order valence-electron chi connectivity index (χ2n) is 8.31. The van der Waals surface area contributed by atoms with Crippen LogP contribution >= 0.6 is 0 Å². The molecule has 1 aromatic heterocycles. The number of nitrogens with one attached hydrogen (secondary N) is 1. The summed E-state index contributed by atoms with van der Waals surface area (Å²) in [4.78, 5) is 29.3. The minimum absolute atomic E-state index is 0.124. The van der Waals surface area contributed by atoms with Crippen molar-refractivity contribution in [1.82, 2.24) is 10.3 Å². The maximum atomic E-state index is 12.8. The van der Waals surface area contributed by atoms with Crippen molar-refractivity contribution in [2.45, 2.75) is 51.4 Å². The number of ether oxygens (including phenoxy) is 1. The lowest BCUT2D eigenvalue weighted by Gasteiger charge is -2.31. The van der Waals surface area contributed by atoms with Crippen LogP contribution in [0.15, 0.2) is 36.5 Å². The van der Waals surface area contributed by atoms with Crippen molar-refractivity contribution in [3.05, 3.63) is 42.1 Å². The van der Waals surface area contributed by atoms with Gasteiger partial charge >= 0.3 is 5.97 Å². The van der Waals surface area contributed by atoms with Gasteiger partial charge in [0.05, 0.1) is 18.2 Å². The van der Waals surface area contributed by atoms with Crippen LogP contribution in [0, 0.1) is 11.5 Å². The molecule has 1 amide bonds. The Morgan fingerprint density at radius 1 is 1.21 bits per heavy atom. The summed E-state index contributed by atoms with van der Waals surface area (Å²) >= 11 is 0. The molecule has 0 saturated carbocycles. The van der Waals surface area contributed by atoms with Gasteiger partial charge in [-0.25, -0.2) is 4.79 Å². The summed E-state index contributed by atoms with van der Waals surface area (Å²) in [7, 11) is -0.485. The summed E-state index contributed by atoms with van der Waals surface area (Å²) in [6.07, 6.45) is 1.85. The number of amides is 1. The van der Waals surface area contributed by atoms with E-state index in [9.17, 15) is 9.59 Å². The van der Waals surface area contributed by atoms with Gasteiger partial charge in [0.15, 0.2) is 0 Å². The van der Waals surface area contributed by atoms with Gasteiger partial charge in [-0.15, -0.1) is 11.5 Å². The normalized spacial score (nSPS) is 12.6. The molecule has 2 rings (SSSR count). The highest BCUT2D eigenvalue weighted by atomic mass is 28.3. The lowest BCUT2D eigenvalue weighted by molar-refractivity contribution is -0.142. The number of carbonyl (C=O) groups is 2. The molecule has 2 aromatic rings. The van der Waals surface area contributed by atoms with E-state index in [1.165, 1.54) is 7.11 Å². The molecule has 6 heteroatoms. The summed E-state index contributed by atoms with van der Waals surface area (Å²) in [5.74, 6) is 2.25. The number of hydrogen-bond acceptors (Lipinski definition) is 4. The first kappa shape index (κ1) is 21.6. The number of benzene rings is 1. The quantitative estimate of drug-likeness (QED) is 0.483. The van der Waals surface area contributed by atoms with Crippen molar-refractivity contribution < 1.29 is 14.3 Å². The minimum Gasteiger partial charge on any atom is -0.467 e. The summed E-state index contributed by atoms with van der Waals surface area (Å²) in [6.45, 7) is 10.9. The third-order valence-electron chi connectivity index (χ3n) is 5.25. The van der Waals surface area contributed by atoms with Crippen molar-refractivity contribution in [3.63, 3.8) is 0 Å². The molecule has 0 aliphatic rings. The van der Waals surface area contributed by atoms with E-state index in [4.69, 9.17) is 4.74 Å². The number of aromatic nitrogens is 1. The number of pyridine rings is 1. The van der Waals surface area contributed by atoms with Crippen LogP contribution in [0.4, 0.5) is 0 Å². The monoisotopic (exact) mass is 396 g/mol. The van der Waals surface area contributed by atoms with Crippen LogP contribution in [-0.4, -0.2) is 38.1 Å². The number of nitrogens with zero attached hydrogens (tertiary/aromatic N) is 1. The molecule has 0 spiro atoms. The van der Waals surface area contributed by atoms with E-state index >= 15 is 0 Å². The van der Waals surface area contributed by atoms with E-state index in [0.717, 1.165) is 5.39 Å². The summed E-state index contributed by atoms with van der Waals surface area (Å²) in [6, 6.07) is 8.26. The molecule has 0 unspecified atom stereocenters. The first-order chi connectivity index (χ1) is 13.1. The SMILES string of the molecule is COC(=O)[C@H](CC#C[Si](C)(C)C(C)(C)C)NC(=O)c1cccc2cccnc12. The number of para-hydroxylation sites is 1. The average Bonchev–Trinajstić information content (AvgIpc) is 2.65. The van der Waals surface area contributed by atoms with Crippen molar-refractivity contribution in [3.8, 4) is 11.5 Å². The molecule has 5 nitrogen and oxygen atoms in total. The second kappa shape index (κ2) is 8.57. The Hall–Kier alpha value is -2.65. The topological polar surface area (TPSA) is 68.3 Å². The molecular weight excluding hydrogens is 368 g/mol. The molecule has 0 radical (unpaired) electrons. The van der Waals surface area contributed by atoms with Crippen LogP contribution in [-0.2, 0) is 9.53 Å². The van der Waals surface area contributed by atoms with Gasteiger partial charge in [-0.1, -0.05) is 52.1 Å². The Morgan fingerprint density at radius 2 is 1.89 bits per heavy atom. The first-order valence-corrected chi connectivity index (χ1v) is 12.3. The van der Waals surface area contributed by atoms with Crippen LogP contribution in [0.1, 0.15) is 37.6 Å². The van der Waals surface area contributed by atoms with E-state index in [1.807, 2.05) is 18.2 Å². The highest BCUT2D eigenvalue weighted by Crippen LogP contribution is 2.35. The third-order valence-corrected chi connectivity index (χ3v) is 9.80. The lowest BCUT2D eigenvalue weighted by Crippen LogP contribution is -2.41. The van der Waals surface area contributed by atoms with Gasteiger partial charge in [0.25, 0.3) is 5.91 Å². The molecule has 148 valence electrons. The molecule has 0 aliphatic heterocycles. The predicted octanol–water partition coefficient (Wildman–Crippen LogP) is 3.95. The summed E-state index contributed by atoms with van der Waals surface area (Å²) < 4.78 is 4.86. The van der Waals surface area contributed by atoms with E-state index in [0.29, 0.717) is 11.1 Å². The zero-order chi connectivity index (χ0) is 20.9. The van der Waals surface area contributed by atoms with Crippen molar-refractivity contribution in [1.29, 1.82) is 0 Å². The Morgan fingerprint density at radius 3 is 2.54 bits per heavy atom. The number of esters is 1. The standard InChI is InChI=1S/C22H28N2O3Si/c1-22(2,3)28(5,6)15-9-13-18(21(26)27-4)24-20(25)17-12-7-10-16-11-8-14-23-19(16)17/h7-8,10-12,14,18H,13H2,1-6H3,(H,24,25)/t18-/m0/s1. The Balaban J connectivity index is 2.23. The number of rotatable bonds is 4. The zero-order valence-electron chi connectivity index (χ0n) is 17.4. The van der Waals surface area contributed by atoms with Crippen molar-refractivity contribution >= 4 is 30.9 Å². The van der Waals surface area contributed by atoms with E-state index in [2.05, 4.69) is 55.6 Å². The summed E-state index contributed by atoms with van der Waals surface area (Å²) in [5, 5.41) is 3.75. The number of carbonyl (C=O) groups excluding carboxylic acids is 2. The van der Waals surface area contributed by atoms with Gasteiger partial charge in [-0.3, -0.25) is 9.78 Å². The third kappa shape index (κ3) is 4.99. The minimum atomic E-state index is -1.79. The Kier molecular flexibility index (Phi) is 6.63. The molecule has 0 aliphatic carbocycles. The molecule has 1 N–H and O–H groups in total. The average molecular weight is 397 g/mol. The predicted molar refractivity (Wildman–Crippen MR) is 115 cm³/mol. The number of methoxy groups -OCH3 is 1. The van der Waals surface area contributed by atoms with Gasteiger partial charge in [0, 0.05) is 18.0 Å². The van der Waals surface area contributed by atoms with Gasteiger partial charge < -0.3 is 10.1 Å². The Labute approximate surface area is 167 Å². The highest BCUT2D eigenvalue weighted by Gasteiger charge is 2.33. The molecule has 0 bridgehead atoms. The van der Waals surface area contributed by atoms with Crippen LogP contribution in [0.2, 0.25) is 18.1 Å². The van der Waals surface area contributed by atoms with Crippen molar-refractivity contribution in [2.24, 2.45) is 0 Å². The fraction of sp³-hybridized carbons (Fsp3) is 0.409. The smallest absolute Gasteiger partial charge is 0.329 e. The zero-order valence-corrected chi connectivity index (χ0v) is 18.4. The molecule has 28 heavy (non-hydrogen) atoms. The second-order valence-corrected chi connectivity index (χ2v) is 13.3. The first-order valence-electron chi connectivity index (χ1n) is 9.29. The molecule has 0 saturated heterocycles. The lowest BCUT2D eigenvalue weighted by atomic mass is 10.1. The number of fused-ring (bicyclic) bond motifs is 1. The maximum absolute atomic E-state index is 12.8. The van der Waals surface area contributed by atoms with Gasteiger partial charge in [0.2, 0.25) is 0 Å². The molecular formula is C22H28N2O3Si. The molecule has 1 aromatic carbocycles. The molecule has 1 heterocycles. The Bertz CT molecular complexity index is 931. The van der Waals surface area contributed by atoms with Crippen LogP contribution in [0.25, 0.3) is 10.9 Å². The maximum Gasteiger partial charge on any atom is 0.329 e. The summed E-state index contributed by atoms with van der Waals surface area (Å²) in [5.41, 5.74) is 4.39. The fourth-order valence-electron chi connectivity index (χ4n) is 2.42. The molecule has 0 fully saturated rings. The van der Waals surface area contributed by atoms with Gasteiger partial charge in [0.1, 0.15) is 14.1 Å². The molecule has 1 atom stereocenters. The fourth-order valence-corrected chi connectivity index (χ4v) is 3.34. The van der Waals surface area contributed by atoms with Crippen LogP contribution in [0.5, 0.6) is 0 Å². The van der Waals surface area contributed by atoms with E-state index in [1.54, 1.807) is 18.3 Å². The van der Waals surface area contributed by atoms with Crippen LogP contribution in [0.3, 0.4) is 0 Å². The van der Waals surface area contributed by atoms with Gasteiger partial charge in [-0.2, -0.15) is 0 Å². The van der Waals surface area contributed by atoms with Crippen LogP contribution < -0.4 is 5.32 Å². The number of hydrogen-bond donors (Lipinski definition) is 1. The van der Waals surface area contributed by atoms with E-state index in [-0.39, 0.29) is 17.4 Å². The van der Waals surface area contributed by atoms with E-state index < -0.39 is 20.1 Å².